The molecule has 1 aromatic rings. The predicted molar refractivity (Wildman–Crippen MR) is 100 cm³/mol. The van der Waals surface area contributed by atoms with Crippen molar-refractivity contribution in [3.05, 3.63) is 23.8 Å². The second-order valence-electron chi connectivity index (χ2n) is 6.29. The molecule has 1 N–H and O–H groups in total. The molecule has 1 saturated carbocycles. The van der Waals surface area contributed by atoms with E-state index in [4.69, 9.17) is 4.74 Å². The van der Waals surface area contributed by atoms with Crippen molar-refractivity contribution in [2.24, 2.45) is 5.92 Å². The maximum Gasteiger partial charge on any atom is 0.224 e. The van der Waals surface area contributed by atoms with Gasteiger partial charge in [0.2, 0.25) is 5.91 Å². The van der Waals surface area contributed by atoms with Crippen LogP contribution in [0.4, 0.5) is 5.69 Å². The lowest BCUT2D eigenvalue weighted by Gasteiger charge is -2.21. The second-order valence-corrected chi connectivity index (χ2v) is 6.85. The van der Waals surface area contributed by atoms with Crippen molar-refractivity contribution in [3.63, 3.8) is 0 Å². The minimum atomic E-state index is -0.00821. The summed E-state index contributed by atoms with van der Waals surface area (Å²) in [7, 11) is 0. The SMILES string of the molecule is CCOc1cc(C(=O)CBr)ccc1NC(=O)CCC1CCCCC1. The number of ether oxygens (including phenoxy) is 1. The summed E-state index contributed by atoms with van der Waals surface area (Å²) in [6.07, 6.45) is 7.92. The second kappa shape index (κ2) is 9.82. The number of Topliss-reactive ketones (excluding diaryl/α,β-unsaturated/α-hetero) is 1. The molecule has 0 heterocycles. The molecule has 0 atom stereocenters. The van der Waals surface area contributed by atoms with Crippen LogP contribution in [0.25, 0.3) is 0 Å². The average Bonchev–Trinajstić information content (AvgIpc) is 2.62. The maximum absolute atomic E-state index is 12.2. The van der Waals surface area contributed by atoms with Gasteiger partial charge in [0, 0.05) is 12.0 Å². The summed E-state index contributed by atoms with van der Waals surface area (Å²) >= 11 is 3.17. The minimum Gasteiger partial charge on any atom is -0.492 e. The lowest BCUT2D eigenvalue weighted by Crippen LogP contribution is -2.15. The number of amides is 1. The van der Waals surface area contributed by atoms with E-state index < -0.39 is 0 Å². The lowest BCUT2D eigenvalue weighted by molar-refractivity contribution is -0.116. The Morgan fingerprint density at radius 2 is 2.00 bits per heavy atom. The molecule has 2 rings (SSSR count). The largest absolute Gasteiger partial charge is 0.492 e. The molecule has 0 unspecified atom stereocenters. The first kappa shape index (κ1) is 19.0. The van der Waals surface area contributed by atoms with Gasteiger partial charge in [0.25, 0.3) is 0 Å². The quantitative estimate of drug-likeness (QED) is 0.499. The highest BCUT2D eigenvalue weighted by Gasteiger charge is 2.16. The number of hydrogen-bond acceptors (Lipinski definition) is 3. The van der Waals surface area contributed by atoms with E-state index in [0.717, 1.165) is 6.42 Å². The van der Waals surface area contributed by atoms with E-state index >= 15 is 0 Å². The Morgan fingerprint density at radius 1 is 1.25 bits per heavy atom. The van der Waals surface area contributed by atoms with Gasteiger partial charge in [-0.3, -0.25) is 9.59 Å². The van der Waals surface area contributed by atoms with E-state index in [1.165, 1.54) is 32.1 Å². The van der Waals surface area contributed by atoms with E-state index in [-0.39, 0.29) is 17.0 Å². The van der Waals surface area contributed by atoms with E-state index in [1.807, 2.05) is 6.92 Å². The molecule has 1 aliphatic carbocycles. The zero-order chi connectivity index (χ0) is 17.4. The number of anilines is 1. The molecule has 24 heavy (non-hydrogen) atoms. The molecular weight excluding hydrogens is 370 g/mol. The van der Waals surface area contributed by atoms with Crippen molar-refractivity contribution < 1.29 is 14.3 Å². The van der Waals surface area contributed by atoms with E-state index in [9.17, 15) is 9.59 Å². The summed E-state index contributed by atoms with van der Waals surface area (Å²) in [4.78, 5) is 24.0. The number of alkyl halides is 1. The first-order valence-corrected chi connectivity index (χ1v) is 9.92. The standard InChI is InChI=1S/C19H26BrNO3/c1-2-24-18-12-15(17(22)13-20)9-10-16(18)21-19(23)11-8-14-6-4-3-5-7-14/h9-10,12,14H,2-8,11,13H2,1H3,(H,21,23). The average molecular weight is 396 g/mol. The molecule has 1 fully saturated rings. The Labute approximate surface area is 152 Å². The van der Waals surface area contributed by atoms with Crippen LogP contribution in [0.5, 0.6) is 5.75 Å². The summed E-state index contributed by atoms with van der Waals surface area (Å²) < 4.78 is 5.59. The zero-order valence-corrected chi connectivity index (χ0v) is 15.9. The van der Waals surface area contributed by atoms with Gasteiger partial charge in [0.15, 0.2) is 5.78 Å². The molecule has 1 aromatic carbocycles. The number of halogens is 1. The number of hydrogen-bond donors (Lipinski definition) is 1. The fourth-order valence-corrected chi connectivity index (χ4v) is 3.50. The highest BCUT2D eigenvalue weighted by molar-refractivity contribution is 9.09. The summed E-state index contributed by atoms with van der Waals surface area (Å²) in [5.74, 6) is 1.25. The third-order valence-electron chi connectivity index (χ3n) is 4.50. The van der Waals surface area contributed by atoms with Crippen LogP contribution in [0.1, 0.15) is 62.2 Å². The molecule has 1 amide bonds. The number of carbonyl (C=O) groups excluding carboxylic acids is 2. The molecule has 0 aliphatic heterocycles. The number of ketones is 1. The van der Waals surface area contributed by atoms with E-state index in [1.54, 1.807) is 18.2 Å². The van der Waals surface area contributed by atoms with Crippen LogP contribution in [0.15, 0.2) is 18.2 Å². The normalized spacial score (nSPS) is 15.1. The molecule has 1 aliphatic rings. The molecule has 0 bridgehead atoms. The Morgan fingerprint density at radius 3 is 2.67 bits per heavy atom. The highest BCUT2D eigenvalue weighted by Crippen LogP contribution is 2.29. The molecule has 0 radical (unpaired) electrons. The highest BCUT2D eigenvalue weighted by atomic mass is 79.9. The van der Waals surface area contributed by atoms with E-state index in [0.29, 0.717) is 35.9 Å². The summed E-state index contributed by atoms with van der Waals surface area (Å²) in [5.41, 5.74) is 1.21. The van der Waals surface area contributed by atoms with Crippen LogP contribution in [0, 0.1) is 5.92 Å². The molecule has 132 valence electrons. The van der Waals surface area contributed by atoms with Crippen molar-refractivity contribution >= 4 is 33.3 Å². The first-order chi connectivity index (χ1) is 11.6. The Hall–Kier alpha value is -1.36. The van der Waals surface area contributed by atoms with Crippen molar-refractivity contribution in [3.8, 4) is 5.75 Å². The third kappa shape index (κ3) is 5.62. The number of nitrogens with one attached hydrogen (secondary N) is 1. The number of carbonyl (C=O) groups is 2. The Kier molecular flexibility index (Phi) is 7.76. The molecule has 0 aromatic heterocycles. The monoisotopic (exact) mass is 395 g/mol. The molecule has 0 spiro atoms. The van der Waals surface area contributed by atoms with Crippen molar-refractivity contribution in [1.29, 1.82) is 0 Å². The predicted octanol–water partition coefficient (Wildman–Crippen LogP) is 4.96. The Bertz CT molecular complexity index is 568. The van der Waals surface area contributed by atoms with Crippen LogP contribution in [-0.2, 0) is 4.79 Å². The third-order valence-corrected chi connectivity index (χ3v) is 5.01. The summed E-state index contributed by atoms with van der Waals surface area (Å²) in [5, 5.41) is 3.20. The van der Waals surface area contributed by atoms with E-state index in [2.05, 4.69) is 21.2 Å². The minimum absolute atomic E-state index is 0.00821. The van der Waals surface area contributed by atoms with Gasteiger partial charge >= 0.3 is 0 Å². The summed E-state index contributed by atoms with van der Waals surface area (Å²) in [6.45, 7) is 2.37. The molecule has 5 heteroatoms. The van der Waals surface area contributed by atoms with Gasteiger partial charge in [-0.15, -0.1) is 0 Å². The van der Waals surface area contributed by atoms with Crippen molar-refractivity contribution in [2.75, 3.05) is 17.3 Å². The zero-order valence-electron chi connectivity index (χ0n) is 14.3. The van der Waals surface area contributed by atoms with Crippen LogP contribution in [-0.4, -0.2) is 23.6 Å². The smallest absolute Gasteiger partial charge is 0.224 e. The van der Waals surface area contributed by atoms with Crippen LogP contribution < -0.4 is 10.1 Å². The fourth-order valence-electron chi connectivity index (χ4n) is 3.17. The van der Waals surface area contributed by atoms with Gasteiger partial charge in [-0.1, -0.05) is 48.0 Å². The fraction of sp³-hybridized carbons (Fsp3) is 0.579. The van der Waals surface area contributed by atoms with Gasteiger partial charge in [-0.25, -0.2) is 0 Å². The lowest BCUT2D eigenvalue weighted by atomic mass is 9.86. The number of benzene rings is 1. The molecular formula is C19H26BrNO3. The van der Waals surface area contributed by atoms with Gasteiger partial charge in [0.1, 0.15) is 5.75 Å². The Balaban J connectivity index is 1.96. The van der Waals surface area contributed by atoms with Gasteiger partial charge in [-0.2, -0.15) is 0 Å². The molecule has 4 nitrogen and oxygen atoms in total. The topological polar surface area (TPSA) is 55.4 Å². The van der Waals surface area contributed by atoms with Crippen molar-refractivity contribution in [2.45, 2.75) is 51.9 Å². The van der Waals surface area contributed by atoms with Gasteiger partial charge in [-0.05, 0) is 37.5 Å². The number of rotatable bonds is 8. The van der Waals surface area contributed by atoms with Crippen LogP contribution in [0.3, 0.4) is 0 Å². The maximum atomic E-state index is 12.2. The van der Waals surface area contributed by atoms with Crippen molar-refractivity contribution in [1.82, 2.24) is 0 Å². The first-order valence-electron chi connectivity index (χ1n) is 8.80. The van der Waals surface area contributed by atoms with Crippen LogP contribution in [0.2, 0.25) is 0 Å². The van der Waals surface area contributed by atoms with Gasteiger partial charge < -0.3 is 10.1 Å². The summed E-state index contributed by atoms with van der Waals surface area (Å²) in [6, 6.07) is 5.17. The van der Waals surface area contributed by atoms with Crippen LogP contribution >= 0.6 is 15.9 Å². The van der Waals surface area contributed by atoms with Gasteiger partial charge in [0.05, 0.1) is 17.6 Å². The molecule has 0 saturated heterocycles.